The molecule has 0 saturated heterocycles. The van der Waals surface area contributed by atoms with Crippen LogP contribution in [0.2, 0.25) is 0 Å². The molecule has 1 atom stereocenters. The number of benzene rings is 1. The summed E-state index contributed by atoms with van der Waals surface area (Å²) in [6.07, 6.45) is 0.489. The number of methoxy groups -OCH3 is 3. The van der Waals surface area contributed by atoms with Gasteiger partial charge in [0.25, 0.3) is 0 Å². The maximum absolute atomic E-state index is 12.3. The molecule has 2 amide bonds. The summed E-state index contributed by atoms with van der Waals surface area (Å²) in [5.41, 5.74) is 1.56. The zero-order chi connectivity index (χ0) is 17.9. The third-order valence-corrected chi connectivity index (χ3v) is 4.29. The zero-order valence-corrected chi connectivity index (χ0v) is 15.4. The number of hydrogen-bond acceptors (Lipinski definition) is 5. The maximum atomic E-state index is 12.3. The van der Waals surface area contributed by atoms with Crippen molar-refractivity contribution < 1.29 is 23.8 Å². The molecular formula is C16H19BrN2O5. The zero-order valence-electron chi connectivity index (χ0n) is 13.9. The lowest BCUT2D eigenvalue weighted by Gasteiger charge is -2.29. The number of carbonyl (C=O) groups excluding carboxylic acids is 2. The number of amides is 2. The van der Waals surface area contributed by atoms with Gasteiger partial charge in [0.1, 0.15) is 0 Å². The third kappa shape index (κ3) is 3.33. The Labute approximate surface area is 148 Å². The number of urea groups is 1. The number of ether oxygens (including phenoxy) is 3. The minimum Gasteiger partial charge on any atom is -0.493 e. The SMILES string of the molecule is CCC1=C(C(=O)OC)C(c2cc(Br)c(OC)c(OC)c2)NC(=O)N1. The van der Waals surface area contributed by atoms with Crippen molar-refractivity contribution in [1.82, 2.24) is 10.6 Å². The van der Waals surface area contributed by atoms with E-state index < -0.39 is 12.0 Å². The van der Waals surface area contributed by atoms with E-state index in [9.17, 15) is 9.59 Å². The van der Waals surface area contributed by atoms with E-state index in [1.165, 1.54) is 21.3 Å². The number of rotatable bonds is 5. The van der Waals surface area contributed by atoms with Crippen LogP contribution in [0.25, 0.3) is 0 Å². The molecule has 1 aliphatic rings. The van der Waals surface area contributed by atoms with Crippen molar-refractivity contribution in [3.63, 3.8) is 0 Å². The van der Waals surface area contributed by atoms with Crippen molar-refractivity contribution >= 4 is 27.9 Å². The fraction of sp³-hybridized carbons (Fsp3) is 0.375. The van der Waals surface area contributed by atoms with Crippen LogP contribution in [-0.4, -0.2) is 33.3 Å². The average molecular weight is 399 g/mol. The van der Waals surface area contributed by atoms with Crippen LogP contribution in [0.3, 0.4) is 0 Å². The van der Waals surface area contributed by atoms with Crippen molar-refractivity contribution in [2.75, 3.05) is 21.3 Å². The molecule has 0 fully saturated rings. The summed E-state index contributed by atoms with van der Waals surface area (Å²) in [5, 5.41) is 5.41. The number of nitrogens with one attached hydrogen (secondary N) is 2. The van der Waals surface area contributed by atoms with E-state index in [0.29, 0.717) is 39.2 Å². The number of carbonyl (C=O) groups is 2. The molecule has 0 spiro atoms. The van der Waals surface area contributed by atoms with Gasteiger partial charge in [-0.05, 0) is 40.0 Å². The summed E-state index contributed by atoms with van der Waals surface area (Å²) in [4.78, 5) is 24.2. The van der Waals surface area contributed by atoms with Crippen molar-refractivity contribution in [2.24, 2.45) is 0 Å². The van der Waals surface area contributed by atoms with Crippen LogP contribution < -0.4 is 20.1 Å². The largest absolute Gasteiger partial charge is 0.493 e. The summed E-state index contributed by atoms with van der Waals surface area (Å²) < 4.78 is 16.2. The van der Waals surface area contributed by atoms with Crippen LogP contribution >= 0.6 is 15.9 Å². The lowest BCUT2D eigenvalue weighted by atomic mass is 9.94. The highest BCUT2D eigenvalue weighted by Crippen LogP contribution is 2.40. The molecule has 8 heteroatoms. The molecule has 0 aliphatic carbocycles. The molecule has 1 unspecified atom stereocenters. The monoisotopic (exact) mass is 398 g/mol. The van der Waals surface area contributed by atoms with E-state index in [-0.39, 0.29) is 6.03 Å². The minimum atomic E-state index is -0.655. The molecule has 1 aromatic carbocycles. The maximum Gasteiger partial charge on any atom is 0.337 e. The molecule has 0 saturated carbocycles. The van der Waals surface area contributed by atoms with E-state index in [4.69, 9.17) is 14.2 Å². The lowest BCUT2D eigenvalue weighted by molar-refractivity contribution is -0.136. The summed E-state index contributed by atoms with van der Waals surface area (Å²) in [6, 6.07) is 2.46. The van der Waals surface area contributed by atoms with E-state index in [2.05, 4.69) is 26.6 Å². The van der Waals surface area contributed by atoms with E-state index in [1.54, 1.807) is 12.1 Å². The first kappa shape index (κ1) is 18.1. The topological polar surface area (TPSA) is 85.9 Å². The highest BCUT2D eigenvalue weighted by atomic mass is 79.9. The lowest BCUT2D eigenvalue weighted by Crippen LogP contribution is -2.45. The van der Waals surface area contributed by atoms with Crippen molar-refractivity contribution in [3.05, 3.63) is 33.4 Å². The molecular weight excluding hydrogens is 380 g/mol. The average Bonchev–Trinajstić information content (AvgIpc) is 2.59. The Morgan fingerprint density at radius 3 is 2.50 bits per heavy atom. The fourth-order valence-corrected chi connectivity index (χ4v) is 3.22. The van der Waals surface area contributed by atoms with Gasteiger partial charge in [-0.15, -0.1) is 0 Å². The minimum absolute atomic E-state index is 0.360. The van der Waals surface area contributed by atoms with Gasteiger partial charge < -0.3 is 24.8 Å². The summed E-state index contributed by atoms with van der Waals surface area (Å²) in [6.45, 7) is 1.85. The van der Waals surface area contributed by atoms with Crippen molar-refractivity contribution in [2.45, 2.75) is 19.4 Å². The summed E-state index contributed by atoms with van der Waals surface area (Å²) in [5.74, 6) is 0.507. The van der Waals surface area contributed by atoms with Crippen molar-refractivity contribution in [1.29, 1.82) is 0 Å². The van der Waals surface area contributed by atoms with Crippen molar-refractivity contribution in [3.8, 4) is 11.5 Å². The normalized spacial score (nSPS) is 17.0. The molecule has 1 aromatic rings. The van der Waals surface area contributed by atoms with Crippen LogP contribution in [0.15, 0.2) is 27.9 Å². The van der Waals surface area contributed by atoms with Gasteiger partial charge in [0.15, 0.2) is 11.5 Å². The summed E-state index contributed by atoms with van der Waals surface area (Å²) >= 11 is 3.42. The number of hydrogen-bond donors (Lipinski definition) is 2. The number of allylic oxidation sites excluding steroid dienone is 1. The van der Waals surface area contributed by atoms with Gasteiger partial charge >= 0.3 is 12.0 Å². The van der Waals surface area contributed by atoms with Gasteiger partial charge in [0.05, 0.1) is 37.4 Å². The predicted molar refractivity (Wildman–Crippen MR) is 91.0 cm³/mol. The molecule has 2 N–H and O–H groups in total. The number of halogens is 1. The molecule has 1 heterocycles. The van der Waals surface area contributed by atoms with Crippen LogP contribution in [-0.2, 0) is 9.53 Å². The second-order valence-electron chi connectivity index (χ2n) is 5.01. The highest BCUT2D eigenvalue weighted by molar-refractivity contribution is 9.10. The second kappa shape index (κ2) is 7.57. The van der Waals surface area contributed by atoms with Gasteiger partial charge in [-0.3, -0.25) is 0 Å². The Bertz CT molecular complexity index is 702. The Morgan fingerprint density at radius 2 is 1.96 bits per heavy atom. The van der Waals surface area contributed by atoms with E-state index in [1.807, 2.05) is 6.92 Å². The second-order valence-corrected chi connectivity index (χ2v) is 5.86. The van der Waals surface area contributed by atoms with Crippen LogP contribution in [0.4, 0.5) is 4.79 Å². The van der Waals surface area contributed by atoms with Gasteiger partial charge in [0, 0.05) is 5.70 Å². The molecule has 0 radical (unpaired) electrons. The molecule has 130 valence electrons. The van der Waals surface area contributed by atoms with Gasteiger partial charge in [-0.25, -0.2) is 9.59 Å². The first-order valence-corrected chi connectivity index (χ1v) is 8.06. The Morgan fingerprint density at radius 1 is 1.25 bits per heavy atom. The Balaban J connectivity index is 2.61. The van der Waals surface area contributed by atoms with Crippen LogP contribution in [0.5, 0.6) is 11.5 Å². The predicted octanol–water partition coefficient (Wildman–Crippen LogP) is 2.66. The third-order valence-electron chi connectivity index (χ3n) is 3.70. The van der Waals surface area contributed by atoms with Gasteiger partial charge in [-0.2, -0.15) is 0 Å². The van der Waals surface area contributed by atoms with E-state index in [0.717, 1.165) is 0 Å². The first-order chi connectivity index (χ1) is 11.5. The molecule has 0 bridgehead atoms. The molecule has 7 nitrogen and oxygen atoms in total. The van der Waals surface area contributed by atoms with Gasteiger partial charge in [-0.1, -0.05) is 6.92 Å². The first-order valence-electron chi connectivity index (χ1n) is 7.27. The standard InChI is InChI=1S/C16H19BrN2O5/c1-5-10-12(15(20)24-4)13(19-16(21)18-10)8-6-9(17)14(23-3)11(7-8)22-2/h6-7,13H,5H2,1-4H3,(H2,18,19,21). The fourth-order valence-electron chi connectivity index (χ4n) is 2.60. The van der Waals surface area contributed by atoms with Gasteiger partial charge in [0.2, 0.25) is 0 Å². The molecule has 0 aromatic heterocycles. The molecule has 24 heavy (non-hydrogen) atoms. The summed E-state index contributed by atoms with van der Waals surface area (Å²) in [7, 11) is 4.35. The number of esters is 1. The smallest absolute Gasteiger partial charge is 0.337 e. The Hall–Kier alpha value is -2.22. The highest BCUT2D eigenvalue weighted by Gasteiger charge is 2.33. The van der Waals surface area contributed by atoms with Crippen LogP contribution in [0, 0.1) is 0 Å². The molecule has 2 rings (SSSR count). The van der Waals surface area contributed by atoms with Crippen LogP contribution in [0.1, 0.15) is 24.9 Å². The molecule has 1 aliphatic heterocycles. The quantitative estimate of drug-likeness (QED) is 0.744. The Kier molecular flexibility index (Phi) is 5.71. The van der Waals surface area contributed by atoms with E-state index >= 15 is 0 Å².